The number of rotatable bonds is 20. The van der Waals surface area contributed by atoms with Crippen molar-refractivity contribution in [2.45, 2.75) is 153 Å². The molecule has 0 spiro atoms. The minimum atomic E-state index is -4.78. The van der Waals surface area contributed by atoms with Crippen molar-refractivity contribution >= 4 is 0 Å². The monoisotopic (exact) mass is 886 g/mol. The summed E-state index contributed by atoms with van der Waals surface area (Å²) in [5.74, 6) is 2.51. The molecule has 63 heavy (non-hydrogen) atoms. The zero-order valence-corrected chi connectivity index (χ0v) is 36.5. The fourth-order valence-corrected chi connectivity index (χ4v) is 9.57. The Morgan fingerprint density at radius 3 is 1.21 bits per heavy atom. The van der Waals surface area contributed by atoms with Gasteiger partial charge in [0.15, 0.2) is 0 Å². The molecule has 2 atom stereocenters. The topological polar surface area (TPSA) is 27.7 Å². The Kier molecular flexibility index (Phi) is 17.5. The molecule has 2 fully saturated rings. The number of alkyl halides is 8. The Morgan fingerprint density at radius 1 is 0.508 bits per heavy atom. The molecule has 0 aliphatic heterocycles. The third-order valence-corrected chi connectivity index (χ3v) is 13.1. The van der Waals surface area contributed by atoms with Crippen molar-refractivity contribution in [1.29, 1.82) is 0 Å². The molecule has 0 bridgehead atoms. The average Bonchev–Trinajstić information content (AvgIpc) is 3.27. The molecule has 4 aromatic carbocycles. The van der Waals surface area contributed by atoms with Gasteiger partial charge in [0.1, 0.15) is 24.7 Å². The van der Waals surface area contributed by atoms with Crippen molar-refractivity contribution in [2.75, 3.05) is 13.2 Å². The minimum Gasteiger partial charge on any atom is -0.457 e. The Hall–Kier alpha value is -3.96. The van der Waals surface area contributed by atoms with Gasteiger partial charge in [-0.15, -0.1) is 0 Å². The minimum absolute atomic E-state index is 0.0583. The first-order chi connectivity index (χ1) is 30.2. The van der Waals surface area contributed by atoms with Crippen LogP contribution < -0.4 is 4.74 Å². The molecule has 0 radical (unpaired) electrons. The van der Waals surface area contributed by atoms with Crippen LogP contribution in [0.1, 0.15) is 173 Å². The van der Waals surface area contributed by atoms with E-state index in [2.05, 4.69) is 47.6 Å². The summed E-state index contributed by atoms with van der Waals surface area (Å²) in [4.78, 5) is 0. The maximum atomic E-state index is 15.8. The van der Waals surface area contributed by atoms with Crippen LogP contribution in [0.2, 0.25) is 0 Å². The number of hydrogen-bond acceptors (Lipinski definition) is 3. The van der Waals surface area contributed by atoms with E-state index in [0.717, 1.165) is 48.6 Å². The van der Waals surface area contributed by atoms with Crippen LogP contribution in [-0.4, -0.2) is 25.6 Å². The molecule has 2 saturated carbocycles. The molecule has 6 rings (SSSR count). The Morgan fingerprint density at radius 2 is 0.873 bits per heavy atom. The maximum Gasteiger partial charge on any atom is 0.411 e. The SMILES string of the molecule is CCCCC1CCC(c2ccc(Cc3c(Oc4cccc(C(F)OCC(F)(F)F)c4Cc4ccc(C5CCC(CCCC)CC5)cc4)cccc3C(F)OCC(F)(F)F)cc2)CC1. The molecule has 0 amide bonds. The van der Waals surface area contributed by atoms with Gasteiger partial charge in [0.2, 0.25) is 12.7 Å². The fourth-order valence-electron chi connectivity index (χ4n) is 9.57. The maximum absolute atomic E-state index is 15.8. The van der Waals surface area contributed by atoms with Crippen LogP contribution in [0.3, 0.4) is 0 Å². The lowest BCUT2D eigenvalue weighted by Gasteiger charge is -2.29. The van der Waals surface area contributed by atoms with Gasteiger partial charge in [0, 0.05) is 35.1 Å². The van der Waals surface area contributed by atoms with E-state index in [1.807, 2.05) is 24.3 Å². The van der Waals surface area contributed by atoms with E-state index in [9.17, 15) is 26.3 Å². The summed E-state index contributed by atoms with van der Waals surface area (Å²) in [6.07, 6.45) is 2.14. The van der Waals surface area contributed by atoms with Gasteiger partial charge in [-0.25, -0.2) is 8.78 Å². The summed E-state index contributed by atoms with van der Waals surface area (Å²) in [6.45, 7) is 0.798. The van der Waals surface area contributed by atoms with Crippen LogP contribution in [0.15, 0.2) is 84.9 Å². The predicted molar refractivity (Wildman–Crippen MR) is 232 cm³/mol. The molecule has 11 heteroatoms. The predicted octanol–water partition coefficient (Wildman–Crippen LogP) is 16.7. The van der Waals surface area contributed by atoms with Gasteiger partial charge in [-0.3, -0.25) is 0 Å². The van der Waals surface area contributed by atoms with Crippen LogP contribution in [0, 0.1) is 11.8 Å². The summed E-state index contributed by atoms with van der Waals surface area (Å²) < 4.78 is 127. The Labute approximate surface area is 367 Å². The van der Waals surface area contributed by atoms with E-state index in [1.54, 1.807) is 0 Å². The highest BCUT2D eigenvalue weighted by molar-refractivity contribution is 5.51. The fraction of sp³-hybridized carbons (Fsp3) is 0.538. The highest BCUT2D eigenvalue weighted by atomic mass is 19.4. The van der Waals surface area contributed by atoms with Crippen molar-refractivity contribution < 1.29 is 49.3 Å². The summed E-state index contributed by atoms with van der Waals surface area (Å²) >= 11 is 0. The lowest BCUT2D eigenvalue weighted by molar-refractivity contribution is -0.203. The molecule has 3 nitrogen and oxygen atoms in total. The lowest BCUT2D eigenvalue weighted by Crippen LogP contribution is -2.19. The van der Waals surface area contributed by atoms with E-state index in [4.69, 9.17) is 4.74 Å². The number of halogens is 8. The van der Waals surface area contributed by atoms with E-state index in [-0.39, 0.29) is 46.6 Å². The van der Waals surface area contributed by atoms with Crippen molar-refractivity contribution in [2.24, 2.45) is 11.8 Å². The standard InChI is InChI=1S/C52H62F8O3/c1-3-5-9-35-15-23-39(24-16-35)41-27-19-37(20-28-41)31-45-43(49(53)61-33-51(55,56)57)11-7-13-47(45)63-48-14-8-12-44(50(54)62-34-52(58,59)60)46(48)32-38-21-29-42(30-22-38)40-25-17-36(18-26-40)10-6-4-2/h7-8,11-14,19-22,27-30,35-36,39-40,49-50H,3-6,9-10,15-18,23-26,31-34H2,1-2H3. The van der Waals surface area contributed by atoms with Gasteiger partial charge in [-0.1, -0.05) is 125 Å². The first kappa shape index (κ1) is 48.5. The average molecular weight is 887 g/mol. The summed E-state index contributed by atoms with van der Waals surface area (Å²) in [7, 11) is 0. The lowest BCUT2D eigenvalue weighted by atomic mass is 9.77. The van der Waals surface area contributed by atoms with Gasteiger partial charge in [-0.2, -0.15) is 26.3 Å². The zero-order valence-electron chi connectivity index (χ0n) is 36.5. The van der Waals surface area contributed by atoms with E-state index >= 15 is 8.78 Å². The van der Waals surface area contributed by atoms with Gasteiger partial charge in [0.05, 0.1) is 0 Å². The third kappa shape index (κ3) is 14.5. The molecule has 0 heterocycles. The molecule has 2 aliphatic rings. The number of unbranched alkanes of at least 4 members (excludes halogenated alkanes) is 2. The van der Waals surface area contributed by atoms with Crippen LogP contribution in [0.4, 0.5) is 35.1 Å². The smallest absolute Gasteiger partial charge is 0.411 e. The molecule has 344 valence electrons. The quantitative estimate of drug-likeness (QED) is 0.0828. The summed E-state index contributed by atoms with van der Waals surface area (Å²) in [5.41, 5.74) is 4.00. The number of hydrogen-bond donors (Lipinski definition) is 0. The van der Waals surface area contributed by atoms with Crippen LogP contribution in [0.25, 0.3) is 0 Å². The van der Waals surface area contributed by atoms with Crippen LogP contribution in [0.5, 0.6) is 11.5 Å². The molecule has 0 aromatic heterocycles. The van der Waals surface area contributed by atoms with Gasteiger partial charge in [0.25, 0.3) is 0 Å². The van der Waals surface area contributed by atoms with Gasteiger partial charge >= 0.3 is 12.4 Å². The molecule has 0 saturated heterocycles. The van der Waals surface area contributed by atoms with Crippen LogP contribution >= 0.6 is 0 Å². The molecular weight excluding hydrogens is 825 g/mol. The zero-order chi connectivity index (χ0) is 45.0. The van der Waals surface area contributed by atoms with Crippen molar-refractivity contribution in [1.82, 2.24) is 0 Å². The molecular formula is C52H62F8O3. The summed E-state index contributed by atoms with van der Waals surface area (Å²) in [5, 5.41) is 0. The molecule has 0 N–H and O–H groups in total. The Bertz CT molecular complexity index is 1840. The molecule has 2 unspecified atom stereocenters. The highest BCUT2D eigenvalue weighted by Crippen LogP contribution is 2.42. The molecule has 2 aliphatic carbocycles. The first-order valence-corrected chi connectivity index (χ1v) is 22.9. The van der Waals surface area contributed by atoms with E-state index in [1.165, 1.54) is 112 Å². The Balaban J connectivity index is 1.29. The van der Waals surface area contributed by atoms with Crippen molar-refractivity contribution in [3.05, 3.63) is 129 Å². The van der Waals surface area contributed by atoms with Gasteiger partial charge in [-0.05, 0) is 109 Å². The second kappa shape index (κ2) is 22.8. The summed E-state index contributed by atoms with van der Waals surface area (Å²) in [6, 6.07) is 24.6. The second-order valence-electron chi connectivity index (χ2n) is 17.8. The van der Waals surface area contributed by atoms with Crippen molar-refractivity contribution in [3.63, 3.8) is 0 Å². The second-order valence-corrected chi connectivity index (χ2v) is 17.8. The molecule has 4 aromatic rings. The van der Waals surface area contributed by atoms with E-state index in [0.29, 0.717) is 11.8 Å². The highest BCUT2D eigenvalue weighted by Gasteiger charge is 2.33. The number of ether oxygens (including phenoxy) is 3. The van der Waals surface area contributed by atoms with Crippen LogP contribution in [-0.2, 0) is 22.3 Å². The van der Waals surface area contributed by atoms with Crippen molar-refractivity contribution in [3.8, 4) is 11.5 Å². The van der Waals surface area contributed by atoms with Gasteiger partial charge < -0.3 is 14.2 Å². The third-order valence-electron chi connectivity index (χ3n) is 13.1. The first-order valence-electron chi connectivity index (χ1n) is 22.9. The normalized spacial score (nSPS) is 20.7. The number of benzene rings is 4. The van der Waals surface area contributed by atoms with E-state index < -0.39 is 38.3 Å². The largest absolute Gasteiger partial charge is 0.457 e.